The van der Waals surface area contributed by atoms with Crippen LogP contribution in [-0.2, 0) is 9.53 Å². The standard InChI is InChI=1S/C18H24N2O5/c1-18(2,19)15(17(24)25-3)20-16(23)13-7-4-12(5-8-13)6-9-14(22)10-11-21/h4-5,7-8,14-15,21-22H,10-11,19H2,1-3H3,(H,20,23)/t14-,15-/m1/s1. The van der Waals surface area contributed by atoms with E-state index in [9.17, 15) is 14.7 Å². The van der Waals surface area contributed by atoms with E-state index < -0.39 is 29.6 Å². The van der Waals surface area contributed by atoms with E-state index in [-0.39, 0.29) is 13.0 Å². The summed E-state index contributed by atoms with van der Waals surface area (Å²) in [6, 6.07) is 5.35. The molecule has 1 rings (SSSR count). The highest BCUT2D eigenvalue weighted by Crippen LogP contribution is 2.10. The van der Waals surface area contributed by atoms with E-state index in [2.05, 4.69) is 21.9 Å². The fraction of sp³-hybridized carbons (Fsp3) is 0.444. The number of aliphatic hydroxyl groups is 2. The minimum Gasteiger partial charge on any atom is -0.467 e. The van der Waals surface area contributed by atoms with Crippen molar-refractivity contribution in [3.63, 3.8) is 0 Å². The third-order valence-corrected chi connectivity index (χ3v) is 3.39. The number of nitrogens with one attached hydrogen (secondary N) is 1. The van der Waals surface area contributed by atoms with Crippen LogP contribution in [-0.4, -0.2) is 53.5 Å². The molecular weight excluding hydrogens is 324 g/mol. The number of ether oxygens (including phenoxy) is 1. The molecule has 0 heterocycles. The van der Waals surface area contributed by atoms with Crippen molar-refractivity contribution in [3.05, 3.63) is 35.4 Å². The Morgan fingerprint density at radius 3 is 2.40 bits per heavy atom. The summed E-state index contributed by atoms with van der Waals surface area (Å²) in [5.74, 6) is 4.25. The van der Waals surface area contributed by atoms with Crippen molar-refractivity contribution in [2.45, 2.75) is 38.0 Å². The van der Waals surface area contributed by atoms with Gasteiger partial charge < -0.3 is 26.0 Å². The Morgan fingerprint density at radius 2 is 1.92 bits per heavy atom. The number of hydrogen-bond acceptors (Lipinski definition) is 6. The molecule has 0 aliphatic rings. The van der Waals surface area contributed by atoms with Crippen molar-refractivity contribution in [2.75, 3.05) is 13.7 Å². The number of carbonyl (C=O) groups is 2. The lowest BCUT2D eigenvalue weighted by Crippen LogP contribution is -2.59. The summed E-state index contributed by atoms with van der Waals surface area (Å²) in [4.78, 5) is 24.1. The van der Waals surface area contributed by atoms with E-state index in [0.29, 0.717) is 11.1 Å². The zero-order valence-corrected chi connectivity index (χ0v) is 14.6. The molecule has 1 aromatic rings. The fourth-order valence-corrected chi connectivity index (χ4v) is 1.95. The van der Waals surface area contributed by atoms with Gasteiger partial charge in [-0.15, -0.1) is 0 Å². The first kappa shape index (κ1) is 20.6. The van der Waals surface area contributed by atoms with Crippen LogP contribution in [0.1, 0.15) is 36.2 Å². The molecule has 0 saturated heterocycles. The highest BCUT2D eigenvalue weighted by molar-refractivity contribution is 5.97. The van der Waals surface area contributed by atoms with Gasteiger partial charge in [-0.3, -0.25) is 4.79 Å². The molecule has 0 unspecified atom stereocenters. The van der Waals surface area contributed by atoms with Crippen LogP contribution < -0.4 is 11.1 Å². The largest absolute Gasteiger partial charge is 0.467 e. The van der Waals surface area contributed by atoms with Gasteiger partial charge in [-0.25, -0.2) is 4.79 Å². The first-order valence-electron chi connectivity index (χ1n) is 7.77. The molecular formula is C18H24N2O5. The maximum absolute atomic E-state index is 12.3. The third kappa shape index (κ3) is 6.55. The maximum Gasteiger partial charge on any atom is 0.330 e. The second kappa shape index (κ2) is 9.18. The normalized spacial score (nSPS) is 13.2. The van der Waals surface area contributed by atoms with Gasteiger partial charge in [-0.05, 0) is 38.1 Å². The van der Waals surface area contributed by atoms with Crippen LogP contribution in [0.4, 0.5) is 0 Å². The molecule has 0 fully saturated rings. The summed E-state index contributed by atoms with van der Waals surface area (Å²) in [7, 11) is 1.23. The van der Waals surface area contributed by atoms with E-state index in [0.717, 1.165) is 0 Å². The van der Waals surface area contributed by atoms with Gasteiger partial charge in [0.2, 0.25) is 0 Å². The van der Waals surface area contributed by atoms with E-state index >= 15 is 0 Å². The van der Waals surface area contributed by atoms with Crippen molar-refractivity contribution in [3.8, 4) is 11.8 Å². The Kier molecular flexibility index (Phi) is 7.58. The number of benzene rings is 1. The van der Waals surface area contributed by atoms with Crippen LogP contribution in [0.5, 0.6) is 0 Å². The fourth-order valence-electron chi connectivity index (χ4n) is 1.95. The minimum absolute atomic E-state index is 0.145. The van der Waals surface area contributed by atoms with Crippen molar-refractivity contribution in [1.82, 2.24) is 5.32 Å². The molecule has 0 saturated carbocycles. The van der Waals surface area contributed by atoms with Crippen LogP contribution in [0.25, 0.3) is 0 Å². The van der Waals surface area contributed by atoms with Crippen molar-refractivity contribution in [2.24, 2.45) is 5.73 Å². The second-order valence-corrected chi connectivity index (χ2v) is 6.13. The highest BCUT2D eigenvalue weighted by Gasteiger charge is 2.34. The molecule has 0 bridgehead atoms. The molecule has 1 amide bonds. The van der Waals surface area contributed by atoms with Crippen LogP contribution in [0, 0.1) is 11.8 Å². The number of methoxy groups -OCH3 is 1. The Balaban J connectivity index is 2.84. The number of amides is 1. The molecule has 1 aromatic carbocycles. The van der Waals surface area contributed by atoms with Gasteiger partial charge in [-0.2, -0.15) is 0 Å². The van der Waals surface area contributed by atoms with Gasteiger partial charge in [0, 0.05) is 29.7 Å². The van der Waals surface area contributed by atoms with Gasteiger partial charge in [0.15, 0.2) is 0 Å². The number of aliphatic hydroxyl groups excluding tert-OH is 2. The van der Waals surface area contributed by atoms with Crippen LogP contribution >= 0.6 is 0 Å². The second-order valence-electron chi connectivity index (χ2n) is 6.13. The topological polar surface area (TPSA) is 122 Å². The Hall–Kier alpha value is -2.40. The van der Waals surface area contributed by atoms with Crippen molar-refractivity contribution in [1.29, 1.82) is 0 Å². The van der Waals surface area contributed by atoms with Gasteiger partial charge in [0.05, 0.1) is 7.11 Å². The van der Waals surface area contributed by atoms with E-state index in [4.69, 9.17) is 10.8 Å². The lowest BCUT2D eigenvalue weighted by Gasteiger charge is -2.28. The first-order chi connectivity index (χ1) is 11.7. The Morgan fingerprint density at radius 1 is 1.32 bits per heavy atom. The molecule has 5 N–H and O–H groups in total. The molecule has 0 aliphatic carbocycles. The summed E-state index contributed by atoms with van der Waals surface area (Å²) in [6.45, 7) is 3.09. The molecule has 0 aliphatic heterocycles. The average Bonchev–Trinajstić information content (AvgIpc) is 2.56. The molecule has 7 heteroatoms. The molecule has 2 atom stereocenters. The molecule has 0 radical (unpaired) electrons. The third-order valence-electron chi connectivity index (χ3n) is 3.39. The number of hydrogen-bond donors (Lipinski definition) is 4. The minimum atomic E-state index is -0.989. The monoisotopic (exact) mass is 348 g/mol. The van der Waals surface area contributed by atoms with Crippen molar-refractivity contribution < 1.29 is 24.5 Å². The molecule has 7 nitrogen and oxygen atoms in total. The summed E-state index contributed by atoms with van der Waals surface area (Å²) in [6.07, 6.45) is -0.724. The number of rotatable bonds is 6. The van der Waals surface area contributed by atoms with Gasteiger partial charge >= 0.3 is 5.97 Å². The molecule has 136 valence electrons. The molecule has 0 aromatic heterocycles. The molecule has 0 spiro atoms. The summed E-state index contributed by atoms with van der Waals surface area (Å²) in [5.41, 5.74) is 5.88. The summed E-state index contributed by atoms with van der Waals surface area (Å²) >= 11 is 0. The van der Waals surface area contributed by atoms with Crippen LogP contribution in [0.3, 0.4) is 0 Å². The highest BCUT2D eigenvalue weighted by atomic mass is 16.5. The zero-order valence-electron chi connectivity index (χ0n) is 14.6. The van der Waals surface area contributed by atoms with Gasteiger partial charge in [0.1, 0.15) is 12.1 Å². The van der Waals surface area contributed by atoms with E-state index in [1.165, 1.54) is 7.11 Å². The smallest absolute Gasteiger partial charge is 0.330 e. The quantitative estimate of drug-likeness (QED) is 0.417. The molecule has 25 heavy (non-hydrogen) atoms. The SMILES string of the molecule is COC(=O)[C@@H](NC(=O)c1ccc(C#C[C@@H](O)CCO)cc1)C(C)(C)N. The van der Waals surface area contributed by atoms with Gasteiger partial charge in [0.25, 0.3) is 5.91 Å². The van der Waals surface area contributed by atoms with E-state index in [1.54, 1.807) is 38.1 Å². The lowest BCUT2D eigenvalue weighted by atomic mass is 9.95. The summed E-state index contributed by atoms with van der Waals surface area (Å²) < 4.78 is 4.68. The van der Waals surface area contributed by atoms with Crippen LogP contribution in [0.15, 0.2) is 24.3 Å². The zero-order chi connectivity index (χ0) is 19.0. The Labute approximate surface area is 147 Å². The van der Waals surface area contributed by atoms with E-state index in [1.807, 2.05) is 0 Å². The average molecular weight is 348 g/mol. The van der Waals surface area contributed by atoms with Crippen molar-refractivity contribution >= 4 is 11.9 Å². The lowest BCUT2D eigenvalue weighted by molar-refractivity contribution is -0.144. The predicted octanol–water partition coefficient (Wildman–Crippen LogP) is -0.210. The summed E-state index contributed by atoms with van der Waals surface area (Å²) in [5, 5.41) is 20.7. The predicted molar refractivity (Wildman–Crippen MR) is 92.6 cm³/mol. The number of esters is 1. The maximum atomic E-state index is 12.3. The van der Waals surface area contributed by atoms with Gasteiger partial charge in [-0.1, -0.05) is 11.8 Å². The van der Waals surface area contributed by atoms with Crippen LogP contribution in [0.2, 0.25) is 0 Å². The first-order valence-corrected chi connectivity index (χ1v) is 7.77. The Bertz CT molecular complexity index is 653. The number of carbonyl (C=O) groups excluding carboxylic acids is 2. The number of nitrogens with two attached hydrogens (primary N) is 1.